The zero-order valence-electron chi connectivity index (χ0n) is 13.9. The Labute approximate surface area is 140 Å². The average Bonchev–Trinajstić information content (AvgIpc) is 2.46. The molecule has 0 aliphatic heterocycles. The summed E-state index contributed by atoms with van der Waals surface area (Å²) in [5, 5.41) is 0. The Kier molecular flexibility index (Phi) is 7.60. The first kappa shape index (κ1) is 18.7. The molecule has 2 aromatic rings. The fraction of sp³-hybridized carbons (Fsp3) is 0.368. The second-order valence-electron chi connectivity index (χ2n) is 5.77. The number of hydrogen-bond donors (Lipinski definition) is 0. The second kappa shape index (κ2) is 8.94. The number of hydrogen-bond acceptors (Lipinski definition) is 2. The normalized spacial score (nSPS) is 12.0. The van der Waals surface area contributed by atoms with E-state index in [9.17, 15) is 0 Å². The SMILES string of the molecule is Cc1cccc(C)c1C(OCCN(C)C)c1ccccc1.Cl. The molecule has 120 valence electrons. The van der Waals surface area contributed by atoms with Gasteiger partial charge in [0.25, 0.3) is 0 Å². The molecule has 0 aromatic heterocycles. The highest BCUT2D eigenvalue weighted by molar-refractivity contribution is 5.85. The number of nitrogens with zero attached hydrogens (tertiary/aromatic N) is 1. The Morgan fingerprint density at radius 1 is 0.909 bits per heavy atom. The monoisotopic (exact) mass is 319 g/mol. The molecule has 0 saturated heterocycles. The number of benzene rings is 2. The third-order valence-electron chi connectivity index (χ3n) is 3.73. The predicted octanol–water partition coefficient (Wildman–Crippen LogP) is 4.39. The maximum Gasteiger partial charge on any atom is 0.108 e. The van der Waals surface area contributed by atoms with E-state index in [4.69, 9.17) is 4.74 Å². The maximum atomic E-state index is 6.25. The van der Waals surface area contributed by atoms with E-state index in [0.717, 1.165) is 13.2 Å². The summed E-state index contributed by atoms with van der Waals surface area (Å²) >= 11 is 0. The first-order valence-corrected chi connectivity index (χ1v) is 7.47. The van der Waals surface area contributed by atoms with Gasteiger partial charge in [-0.1, -0.05) is 48.5 Å². The van der Waals surface area contributed by atoms with E-state index in [1.165, 1.54) is 22.3 Å². The van der Waals surface area contributed by atoms with Gasteiger partial charge in [-0.2, -0.15) is 0 Å². The van der Waals surface area contributed by atoms with E-state index in [-0.39, 0.29) is 18.5 Å². The number of ether oxygens (including phenoxy) is 1. The zero-order chi connectivity index (χ0) is 15.2. The summed E-state index contributed by atoms with van der Waals surface area (Å²) in [6.45, 7) is 5.97. The molecule has 0 amide bonds. The number of rotatable bonds is 6. The molecule has 3 heteroatoms. The zero-order valence-corrected chi connectivity index (χ0v) is 14.7. The van der Waals surface area contributed by atoms with Crippen molar-refractivity contribution in [2.24, 2.45) is 0 Å². The fourth-order valence-corrected chi connectivity index (χ4v) is 2.57. The third kappa shape index (κ3) is 4.84. The molecule has 0 heterocycles. The van der Waals surface area contributed by atoms with Gasteiger partial charge < -0.3 is 9.64 Å². The average molecular weight is 320 g/mol. The molecule has 22 heavy (non-hydrogen) atoms. The third-order valence-corrected chi connectivity index (χ3v) is 3.73. The van der Waals surface area contributed by atoms with E-state index >= 15 is 0 Å². The molecule has 1 unspecified atom stereocenters. The maximum absolute atomic E-state index is 6.25. The van der Waals surface area contributed by atoms with Gasteiger partial charge in [-0.05, 0) is 50.2 Å². The summed E-state index contributed by atoms with van der Waals surface area (Å²) < 4.78 is 6.25. The lowest BCUT2D eigenvalue weighted by Gasteiger charge is -2.23. The van der Waals surface area contributed by atoms with Gasteiger partial charge in [0.05, 0.1) is 6.61 Å². The van der Waals surface area contributed by atoms with Crippen LogP contribution in [0, 0.1) is 13.8 Å². The van der Waals surface area contributed by atoms with Crippen LogP contribution in [0.4, 0.5) is 0 Å². The minimum atomic E-state index is 0. The first-order chi connectivity index (χ1) is 10.1. The molecule has 0 N–H and O–H groups in total. The van der Waals surface area contributed by atoms with Gasteiger partial charge in [-0.25, -0.2) is 0 Å². The van der Waals surface area contributed by atoms with Crippen LogP contribution < -0.4 is 0 Å². The molecule has 0 bridgehead atoms. The predicted molar refractivity (Wildman–Crippen MR) is 96.0 cm³/mol. The topological polar surface area (TPSA) is 12.5 Å². The summed E-state index contributed by atoms with van der Waals surface area (Å²) in [5.74, 6) is 0. The van der Waals surface area contributed by atoms with Crippen LogP contribution in [0.25, 0.3) is 0 Å². The Hall–Kier alpha value is -1.35. The molecule has 2 rings (SSSR count). The number of halogens is 1. The van der Waals surface area contributed by atoms with Gasteiger partial charge in [-0.3, -0.25) is 0 Å². The van der Waals surface area contributed by atoms with Crippen molar-refractivity contribution in [2.75, 3.05) is 27.2 Å². The smallest absolute Gasteiger partial charge is 0.108 e. The highest BCUT2D eigenvalue weighted by Crippen LogP contribution is 2.30. The molecule has 1 atom stereocenters. The Bertz CT molecular complexity index is 549. The van der Waals surface area contributed by atoms with Crippen molar-refractivity contribution < 1.29 is 4.74 Å². The van der Waals surface area contributed by atoms with Crippen molar-refractivity contribution >= 4 is 12.4 Å². The molecule has 0 aliphatic carbocycles. The lowest BCUT2D eigenvalue weighted by Crippen LogP contribution is -2.20. The molecular formula is C19H26ClNO. The van der Waals surface area contributed by atoms with Gasteiger partial charge in [0.1, 0.15) is 6.10 Å². The van der Waals surface area contributed by atoms with Crippen LogP contribution in [0.15, 0.2) is 48.5 Å². The van der Waals surface area contributed by atoms with Crippen LogP contribution in [-0.2, 0) is 4.74 Å². The lowest BCUT2D eigenvalue weighted by molar-refractivity contribution is 0.0680. The molecule has 2 aromatic carbocycles. The largest absolute Gasteiger partial charge is 0.367 e. The van der Waals surface area contributed by atoms with Crippen molar-refractivity contribution in [1.29, 1.82) is 0 Å². The second-order valence-corrected chi connectivity index (χ2v) is 5.77. The molecule has 2 nitrogen and oxygen atoms in total. The van der Waals surface area contributed by atoms with Crippen LogP contribution in [0.3, 0.4) is 0 Å². The van der Waals surface area contributed by atoms with Crippen molar-refractivity contribution in [3.05, 3.63) is 70.8 Å². The van der Waals surface area contributed by atoms with Gasteiger partial charge in [0.2, 0.25) is 0 Å². The quantitative estimate of drug-likeness (QED) is 0.783. The lowest BCUT2D eigenvalue weighted by atomic mass is 9.93. The van der Waals surface area contributed by atoms with E-state index in [1.807, 2.05) is 6.07 Å². The van der Waals surface area contributed by atoms with Crippen molar-refractivity contribution in [3.8, 4) is 0 Å². The van der Waals surface area contributed by atoms with Crippen molar-refractivity contribution in [3.63, 3.8) is 0 Å². The van der Waals surface area contributed by atoms with Crippen LogP contribution in [0.5, 0.6) is 0 Å². The highest BCUT2D eigenvalue weighted by atomic mass is 35.5. The fourth-order valence-electron chi connectivity index (χ4n) is 2.57. The van der Waals surface area contributed by atoms with Crippen molar-refractivity contribution in [2.45, 2.75) is 20.0 Å². The molecule has 0 aliphatic rings. The van der Waals surface area contributed by atoms with E-state index < -0.39 is 0 Å². The van der Waals surface area contributed by atoms with Crippen LogP contribution in [0.2, 0.25) is 0 Å². The molecule has 0 saturated carbocycles. The summed E-state index contributed by atoms with van der Waals surface area (Å²) in [7, 11) is 4.14. The molecular weight excluding hydrogens is 294 g/mol. The van der Waals surface area contributed by atoms with E-state index in [0.29, 0.717) is 0 Å². The first-order valence-electron chi connectivity index (χ1n) is 7.47. The van der Waals surface area contributed by atoms with Crippen LogP contribution in [0.1, 0.15) is 28.4 Å². The summed E-state index contributed by atoms with van der Waals surface area (Å²) in [6, 6.07) is 16.9. The van der Waals surface area contributed by atoms with Crippen LogP contribution in [-0.4, -0.2) is 32.1 Å². The highest BCUT2D eigenvalue weighted by Gasteiger charge is 2.18. The minimum absolute atomic E-state index is 0. The Balaban J connectivity index is 0.00000242. The van der Waals surface area contributed by atoms with Gasteiger partial charge in [0, 0.05) is 6.54 Å². The van der Waals surface area contributed by atoms with Crippen molar-refractivity contribution in [1.82, 2.24) is 4.90 Å². The van der Waals surface area contributed by atoms with Crippen LogP contribution >= 0.6 is 12.4 Å². The summed E-state index contributed by atoms with van der Waals surface area (Å²) in [4.78, 5) is 2.15. The Morgan fingerprint density at radius 3 is 2.05 bits per heavy atom. The van der Waals surface area contributed by atoms with E-state index in [2.05, 4.69) is 75.3 Å². The van der Waals surface area contributed by atoms with Gasteiger partial charge in [-0.15, -0.1) is 12.4 Å². The summed E-state index contributed by atoms with van der Waals surface area (Å²) in [6.07, 6.45) is 0.00681. The molecule has 0 spiro atoms. The Morgan fingerprint density at radius 2 is 1.50 bits per heavy atom. The molecule has 0 fully saturated rings. The summed E-state index contributed by atoms with van der Waals surface area (Å²) in [5.41, 5.74) is 5.08. The number of likely N-dealkylation sites (N-methyl/N-ethyl adjacent to an activating group) is 1. The van der Waals surface area contributed by atoms with Gasteiger partial charge >= 0.3 is 0 Å². The molecule has 0 radical (unpaired) electrons. The number of aryl methyl sites for hydroxylation is 2. The minimum Gasteiger partial charge on any atom is -0.367 e. The standard InChI is InChI=1S/C19H25NO.ClH/c1-15-9-8-10-16(2)18(15)19(21-14-13-20(3)4)17-11-6-5-7-12-17;/h5-12,19H,13-14H2,1-4H3;1H. The van der Waals surface area contributed by atoms with Gasteiger partial charge in [0.15, 0.2) is 0 Å². The van der Waals surface area contributed by atoms with E-state index in [1.54, 1.807) is 0 Å².